The van der Waals surface area contributed by atoms with Crippen LogP contribution in [0.25, 0.3) is 0 Å². The number of rotatable bonds is 3. The van der Waals surface area contributed by atoms with Crippen LogP contribution in [0.3, 0.4) is 0 Å². The summed E-state index contributed by atoms with van der Waals surface area (Å²) in [5.41, 5.74) is -0.531. The predicted molar refractivity (Wildman–Crippen MR) is 53.7 cm³/mol. The molecule has 0 radical (unpaired) electrons. The van der Waals surface area contributed by atoms with E-state index in [1.807, 2.05) is 0 Å². The normalized spacial score (nSPS) is 27.5. The minimum atomic E-state index is -3.53. The fourth-order valence-electron chi connectivity index (χ4n) is 1.70. The summed E-state index contributed by atoms with van der Waals surface area (Å²) in [6.07, 6.45) is 0.770. The molecule has 0 aromatic carbocycles. The van der Waals surface area contributed by atoms with Gasteiger partial charge in [-0.05, 0) is 20.8 Å². The zero-order valence-electron chi connectivity index (χ0n) is 9.31. The average molecular weight is 236 g/mol. The van der Waals surface area contributed by atoms with Crippen LogP contribution in [-0.2, 0) is 23.8 Å². The molecule has 0 N–H and O–H groups in total. The number of carbonyl (C=O) groups excluding carboxylic acids is 1. The van der Waals surface area contributed by atoms with Gasteiger partial charge in [-0.2, -0.15) is 8.42 Å². The summed E-state index contributed by atoms with van der Waals surface area (Å²) < 4.78 is 31.6. The van der Waals surface area contributed by atoms with E-state index in [4.69, 9.17) is 8.92 Å². The molecule has 1 saturated heterocycles. The van der Waals surface area contributed by atoms with Gasteiger partial charge in [-0.3, -0.25) is 8.98 Å². The molecule has 0 aromatic rings. The highest BCUT2D eigenvalue weighted by atomic mass is 32.2. The molecule has 2 atom stereocenters. The molecule has 1 fully saturated rings. The van der Waals surface area contributed by atoms with E-state index >= 15 is 0 Å². The van der Waals surface area contributed by atoms with Crippen LogP contribution in [0.2, 0.25) is 0 Å². The van der Waals surface area contributed by atoms with Crippen molar-refractivity contribution >= 4 is 16.1 Å². The minimum Gasteiger partial charge on any atom is -0.459 e. The van der Waals surface area contributed by atoms with Crippen molar-refractivity contribution in [2.24, 2.45) is 5.92 Å². The molecule has 0 spiro atoms. The molecule has 0 aliphatic carbocycles. The van der Waals surface area contributed by atoms with Gasteiger partial charge < -0.3 is 4.74 Å². The van der Waals surface area contributed by atoms with Gasteiger partial charge in [0.1, 0.15) is 5.60 Å². The number of cyclic esters (lactones) is 1. The van der Waals surface area contributed by atoms with Crippen molar-refractivity contribution in [3.05, 3.63) is 0 Å². The lowest BCUT2D eigenvalue weighted by molar-refractivity contribution is -0.149. The first-order valence-corrected chi connectivity index (χ1v) is 6.53. The standard InChI is InChI=1S/C9H16O5S/c1-6(14-15(4,11)12)7-5-9(2,3)13-8(7)10/h6-7H,5H2,1-4H3. The van der Waals surface area contributed by atoms with Gasteiger partial charge in [-0.15, -0.1) is 0 Å². The lowest BCUT2D eigenvalue weighted by Gasteiger charge is -2.16. The highest BCUT2D eigenvalue weighted by Crippen LogP contribution is 2.33. The van der Waals surface area contributed by atoms with E-state index in [2.05, 4.69) is 0 Å². The third-order valence-corrected chi connectivity index (χ3v) is 2.94. The largest absolute Gasteiger partial charge is 0.459 e. The molecule has 1 rings (SSSR count). The fraction of sp³-hybridized carbons (Fsp3) is 0.889. The van der Waals surface area contributed by atoms with Crippen molar-refractivity contribution in [3.8, 4) is 0 Å². The molecule has 0 saturated carbocycles. The first-order valence-electron chi connectivity index (χ1n) is 4.72. The zero-order valence-corrected chi connectivity index (χ0v) is 10.1. The minimum absolute atomic E-state index is 0.392. The molecule has 15 heavy (non-hydrogen) atoms. The van der Waals surface area contributed by atoms with Crippen LogP contribution in [0, 0.1) is 5.92 Å². The van der Waals surface area contributed by atoms with Crippen molar-refractivity contribution in [2.45, 2.75) is 38.9 Å². The van der Waals surface area contributed by atoms with Crippen molar-refractivity contribution in [3.63, 3.8) is 0 Å². The molecule has 1 aliphatic rings. The van der Waals surface area contributed by atoms with E-state index < -0.39 is 33.7 Å². The van der Waals surface area contributed by atoms with Gasteiger partial charge in [0.15, 0.2) is 0 Å². The van der Waals surface area contributed by atoms with Crippen LogP contribution in [0.5, 0.6) is 0 Å². The number of esters is 1. The monoisotopic (exact) mass is 236 g/mol. The van der Waals surface area contributed by atoms with E-state index in [1.54, 1.807) is 20.8 Å². The third-order valence-electron chi connectivity index (χ3n) is 2.28. The molecule has 0 aromatic heterocycles. The van der Waals surface area contributed by atoms with Crippen molar-refractivity contribution in [1.29, 1.82) is 0 Å². The van der Waals surface area contributed by atoms with Gasteiger partial charge in [-0.25, -0.2) is 0 Å². The number of carbonyl (C=O) groups is 1. The maximum atomic E-state index is 11.4. The Morgan fingerprint density at radius 3 is 2.40 bits per heavy atom. The van der Waals surface area contributed by atoms with E-state index in [1.165, 1.54) is 0 Å². The molecule has 5 nitrogen and oxygen atoms in total. The number of hydrogen-bond acceptors (Lipinski definition) is 5. The second-order valence-electron chi connectivity index (χ2n) is 4.50. The molecule has 0 bridgehead atoms. The average Bonchev–Trinajstić information content (AvgIpc) is 2.20. The van der Waals surface area contributed by atoms with Crippen molar-refractivity contribution in [2.75, 3.05) is 6.26 Å². The molecular formula is C9H16O5S. The summed E-state index contributed by atoms with van der Waals surface area (Å²) in [5.74, 6) is -0.897. The van der Waals surface area contributed by atoms with Gasteiger partial charge in [0.2, 0.25) is 0 Å². The molecule has 0 amide bonds. The Morgan fingerprint density at radius 1 is 1.53 bits per heavy atom. The molecule has 1 heterocycles. The fourth-order valence-corrected chi connectivity index (χ4v) is 2.39. The second kappa shape index (κ2) is 3.75. The SMILES string of the molecule is CC(OS(C)(=O)=O)C1CC(C)(C)OC1=O. The Kier molecular flexibility index (Phi) is 3.11. The quantitative estimate of drug-likeness (QED) is 0.532. The highest BCUT2D eigenvalue weighted by molar-refractivity contribution is 7.86. The lowest BCUT2D eigenvalue weighted by Crippen LogP contribution is -2.27. The summed E-state index contributed by atoms with van der Waals surface area (Å²) in [6, 6.07) is 0. The van der Waals surface area contributed by atoms with Crippen LogP contribution < -0.4 is 0 Å². The maximum Gasteiger partial charge on any atom is 0.312 e. The first kappa shape index (κ1) is 12.4. The Morgan fingerprint density at radius 2 is 2.07 bits per heavy atom. The van der Waals surface area contributed by atoms with Gasteiger partial charge in [0, 0.05) is 6.42 Å². The van der Waals surface area contributed by atoms with Gasteiger partial charge in [0.25, 0.3) is 10.1 Å². The molecule has 2 unspecified atom stereocenters. The third kappa shape index (κ3) is 3.46. The Labute approximate surface area is 89.9 Å². The number of ether oxygens (including phenoxy) is 1. The van der Waals surface area contributed by atoms with Gasteiger partial charge >= 0.3 is 5.97 Å². The summed E-state index contributed by atoms with van der Waals surface area (Å²) in [6.45, 7) is 5.14. The van der Waals surface area contributed by atoms with E-state index in [0.29, 0.717) is 6.42 Å². The van der Waals surface area contributed by atoms with Crippen LogP contribution in [0.4, 0.5) is 0 Å². The highest BCUT2D eigenvalue weighted by Gasteiger charge is 2.44. The Hall–Kier alpha value is -0.620. The lowest BCUT2D eigenvalue weighted by atomic mass is 9.94. The van der Waals surface area contributed by atoms with Crippen LogP contribution in [-0.4, -0.2) is 32.3 Å². The van der Waals surface area contributed by atoms with Crippen LogP contribution in [0.1, 0.15) is 27.2 Å². The van der Waals surface area contributed by atoms with Crippen molar-refractivity contribution < 1.29 is 22.1 Å². The van der Waals surface area contributed by atoms with E-state index in [9.17, 15) is 13.2 Å². The molecular weight excluding hydrogens is 220 g/mol. The summed E-state index contributed by atoms with van der Waals surface area (Å²) >= 11 is 0. The maximum absolute atomic E-state index is 11.4. The smallest absolute Gasteiger partial charge is 0.312 e. The van der Waals surface area contributed by atoms with Crippen LogP contribution in [0.15, 0.2) is 0 Å². The van der Waals surface area contributed by atoms with E-state index in [0.717, 1.165) is 6.26 Å². The summed E-state index contributed by atoms with van der Waals surface area (Å²) in [4.78, 5) is 11.4. The molecule has 6 heteroatoms. The predicted octanol–water partition coefficient (Wildman–Crippen LogP) is 0.693. The second-order valence-corrected chi connectivity index (χ2v) is 6.10. The van der Waals surface area contributed by atoms with Gasteiger partial charge in [-0.1, -0.05) is 0 Å². The Bertz CT molecular complexity index is 357. The van der Waals surface area contributed by atoms with E-state index in [-0.39, 0.29) is 0 Å². The van der Waals surface area contributed by atoms with Gasteiger partial charge in [0.05, 0.1) is 18.3 Å². The van der Waals surface area contributed by atoms with Crippen molar-refractivity contribution in [1.82, 2.24) is 0 Å². The summed E-state index contributed by atoms with van der Waals surface area (Å²) in [5, 5.41) is 0. The topological polar surface area (TPSA) is 69.7 Å². The number of hydrogen-bond donors (Lipinski definition) is 0. The first-order chi connectivity index (χ1) is 6.61. The summed E-state index contributed by atoms with van der Waals surface area (Å²) in [7, 11) is -3.53. The molecule has 1 aliphatic heterocycles. The Balaban J connectivity index is 2.70. The molecule has 88 valence electrons. The zero-order chi connectivity index (χ0) is 11.9. The van der Waals surface area contributed by atoms with Crippen LogP contribution >= 0.6 is 0 Å².